The lowest BCUT2D eigenvalue weighted by Gasteiger charge is -2.44. The van der Waals surface area contributed by atoms with Crippen LogP contribution >= 0.6 is 15.9 Å². The minimum atomic E-state index is -3.64. The van der Waals surface area contributed by atoms with Crippen molar-refractivity contribution in [2.45, 2.75) is 37.2 Å². The summed E-state index contributed by atoms with van der Waals surface area (Å²) in [5.41, 5.74) is 2.72. The third-order valence-corrected chi connectivity index (χ3v) is 8.62. The van der Waals surface area contributed by atoms with E-state index >= 15 is 0 Å². The Bertz CT molecular complexity index is 1050. The maximum absolute atomic E-state index is 13.4. The van der Waals surface area contributed by atoms with Gasteiger partial charge in [0, 0.05) is 36.2 Å². The lowest BCUT2D eigenvalue weighted by atomic mass is 10.1. The number of hydrogen-bond donors (Lipinski definition) is 0. The molecule has 0 unspecified atom stereocenters. The number of likely N-dealkylation sites (N-methyl/N-ethyl adjacent to an activating group) is 1. The molecule has 0 bridgehead atoms. The highest BCUT2D eigenvalue weighted by atomic mass is 79.9. The first-order valence-electron chi connectivity index (χ1n) is 10.2. The van der Waals surface area contributed by atoms with Gasteiger partial charge in [0.2, 0.25) is 0 Å². The van der Waals surface area contributed by atoms with E-state index in [0.29, 0.717) is 29.9 Å². The van der Waals surface area contributed by atoms with Crippen molar-refractivity contribution in [3.8, 4) is 5.75 Å². The predicted octanol–water partition coefficient (Wildman–Crippen LogP) is 3.74. The van der Waals surface area contributed by atoms with E-state index in [1.807, 2.05) is 18.2 Å². The first kappa shape index (κ1) is 21.5. The average Bonchev–Trinajstić information content (AvgIpc) is 3.14. The number of nitrogens with zero attached hydrogens (tertiary/aromatic N) is 3. The molecule has 2 heterocycles. The number of benzene rings is 2. The zero-order valence-electron chi connectivity index (χ0n) is 17.8. The van der Waals surface area contributed by atoms with E-state index in [9.17, 15) is 8.42 Å². The van der Waals surface area contributed by atoms with Gasteiger partial charge in [0.1, 0.15) is 5.75 Å². The van der Waals surface area contributed by atoms with E-state index in [1.54, 1.807) is 25.3 Å². The summed E-state index contributed by atoms with van der Waals surface area (Å²) in [6.45, 7) is 6.61. The van der Waals surface area contributed by atoms with Crippen molar-refractivity contribution in [3.05, 3.63) is 46.4 Å². The quantitative estimate of drug-likeness (QED) is 0.649. The summed E-state index contributed by atoms with van der Waals surface area (Å²) in [6.07, 6.45) is 0.675. The lowest BCUT2D eigenvalue weighted by Crippen LogP contribution is -2.55. The Morgan fingerprint density at radius 3 is 2.40 bits per heavy atom. The molecule has 0 amide bonds. The van der Waals surface area contributed by atoms with Crippen LogP contribution in [0.25, 0.3) is 0 Å². The van der Waals surface area contributed by atoms with Gasteiger partial charge in [0.25, 0.3) is 10.0 Å². The van der Waals surface area contributed by atoms with Gasteiger partial charge in [-0.05, 0) is 63.2 Å². The van der Waals surface area contributed by atoms with Crippen LogP contribution in [-0.2, 0) is 16.4 Å². The van der Waals surface area contributed by atoms with Crippen molar-refractivity contribution < 1.29 is 13.2 Å². The molecule has 0 N–H and O–H groups in total. The van der Waals surface area contributed by atoms with Crippen molar-refractivity contribution in [1.82, 2.24) is 4.90 Å². The summed E-state index contributed by atoms with van der Waals surface area (Å²) in [4.78, 5) is 4.99. The Labute approximate surface area is 187 Å². The van der Waals surface area contributed by atoms with E-state index in [4.69, 9.17) is 4.74 Å². The van der Waals surface area contributed by atoms with Crippen molar-refractivity contribution in [2.24, 2.45) is 0 Å². The van der Waals surface area contributed by atoms with Crippen LogP contribution in [0.4, 0.5) is 11.4 Å². The zero-order valence-corrected chi connectivity index (χ0v) is 20.2. The fourth-order valence-electron chi connectivity index (χ4n) is 4.39. The lowest BCUT2D eigenvalue weighted by molar-refractivity contribution is 0.169. The van der Waals surface area contributed by atoms with Gasteiger partial charge < -0.3 is 9.64 Å². The summed E-state index contributed by atoms with van der Waals surface area (Å²) in [5.74, 6) is 0.805. The number of ether oxygens (including phenoxy) is 1. The SMILES string of the molecule is COc1cc2c(cc1N1C[C@@H](C)N(C)[C@@H](C)C1)N(S(=O)(=O)c1cccc(Br)c1)CC2. The zero-order chi connectivity index (χ0) is 21.6. The molecule has 0 spiro atoms. The summed E-state index contributed by atoms with van der Waals surface area (Å²) >= 11 is 3.38. The van der Waals surface area contributed by atoms with E-state index in [1.165, 1.54) is 4.31 Å². The van der Waals surface area contributed by atoms with Crippen LogP contribution in [0.3, 0.4) is 0 Å². The summed E-state index contributed by atoms with van der Waals surface area (Å²) in [6, 6.07) is 11.7. The molecule has 1 fully saturated rings. The second-order valence-electron chi connectivity index (χ2n) is 8.21. The number of anilines is 2. The van der Waals surface area contributed by atoms with E-state index in [2.05, 4.69) is 46.6 Å². The number of halogens is 1. The molecule has 2 aliphatic rings. The molecule has 8 heteroatoms. The molecule has 4 rings (SSSR count). The number of piperazine rings is 1. The molecule has 0 aliphatic carbocycles. The van der Waals surface area contributed by atoms with Gasteiger partial charge in [0.05, 0.1) is 23.4 Å². The van der Waals surface area contributed by atoms with Crippen LogP contribution < -0.4 is 13.9 Å². The van der Waals surface area contributed by atoms with Crippen molar-refractivity contribution >= 4 is 37.3 Å². The predicted molar refractivity (Wildman–Crippen MR) is 124 cm³/mol. The molecule has 162 valence electrons. The summed E-state index contributed by atoms with van der Waals surface area (Å²) < 4.78 is 34.8. The number of methoxy groups -OCH3 is 1. The summed E-state index contributed by atoms with van der Waals surface area (Å²) in [7, 11) is 0.195. The molecule has 2 atom stereocenters. The van der Waals surface area contributed by atoms with Crippen molar-refractivity contribution in [3.63, 3.8) is 0 Å². The Hall–Kier alpha value is -1.77. The maximum Gasteiger partial charge on any atom is 0.264 e. The Morgan fingerprint density at radius 2 is 1.77 bits per heavy atom. The molecule has 2 aromatic rings. The van der Waals surface area contributed by atoms with Gasteiger partial charge in [0.15, 0.2) is 0 Å². The van der Waals surface area contributed by atoms with Gasteiger partial charge in [-0.1, -0.05) is 22.0 Å². The number of fused-ring (bicyclic) bond motifs is 1. The van der Waals surface area contributed by atoms with Gasteiger partial charge in [-0.15, -0.1) is 0 Å². The largest absolute Gasteiger partial charge is 0.495 e. The third-order valence-electron chi connectivity index (χ3n) is 6.32. The highest BCUT2D eigenvalue weighted by molar-refractivity contribution is 9.10. The van der Waals surface area contributed by atoms with Crippen molar-refractivity contribution in [1.29, 1.82) is 0 Å². The smallest absolute Gasteiger partial charge is 0.264 e. The maximum atomic E-state index is 13.4. The Balaban J connectivity index is 1.75. The first-order chi connectivity index (χ1) is 14.2. The molecule has 6 nitrogen and oxygen atoms in total. The fraction of sp³-hybridized carbons (Fsp3) is 0.455. The van der Waals surface area contributed by atoms with Crippen LogP contribution in [0.15, 0.2) is 45.8 Å². The van der Waals surface area contributed by atoms with Gasteiger partial charge in [-0.2, -0.15) is 0 Å². The number of sulfonamides is 1. The first-order valence-corrected chi connectivity index (χ1v) is 12.4. The highest BCUT2D eigenvalue weighted by Gasteiger charge is 2.34. The van der Waals surface area contributed by atoms with Crippen LogP contribution in [0.5, 0.6) is 5.75 Å². The third kappa shape index (κ3) is 3.69. The highest BCUT2D eigenvalue weighted by Crippen LogP contribution is 2.42. The van der Waals surface area contributed by atoms with Crippen LogP contribution in [0.2, 0.25) is 0 Å². The van der Waals surface area contributed by atoms with Gasteiger partial charge in [-0.3, -0.25) is 9.21 Å². The van der Waals surface area contributed by atoms with Crippen LogP contribution in [-0.4, -0.2) is 59.2 Å². The number of rotatable bonds is 4. The summed E-state index contributed by atoms with van der Waals surface area (Å²) in [5, 5.41) is 0. The van der Waals surface area contributed by atoms with E-state index < -0.39 is 10.0 Å². The molecular formula is C22H28BrN3O3S. The molecule has 0 radical (unpaired) electrons. The van der Waals surface area contributed by atoms with E-state index in [-0.39, 0.29) is 0 Å². The average molecular weight is 494 g/mol. The van der Waals surface area contributed by atoms with Crippen molar-refractivity contribution in [2.75, 3.05) is 43.0 Å². The monoisotopic (exact) mass is 493 g/mol. The minimum absolute atomic E-state index is 0.295. The standard InChI is InChI=1S/C22H28BrN3O3S/c1-15-13-25(14-16(2)24(15)3)21-12-20-17(10-22(21)29-4)8-9-26(20)30(27,28)19-7-5-6-18(23)11-19/h5-7,10-12,15-16H,8-9,13-14H2,1-4H3/t15-,16+. The molecule has 0 aromatic heterocycles. The van der Waals surface area contributed by atoms with Crippen LogP contribution in [0, 0.1) is 0 Å². The number of hydrogen-bond acceptors (Lipinski definition) is 5. The Morgan fingerprint density at radius 1 is 1.07 bits per heavy atom. The molecule has 2 aliphatic heterocycles. The second-order valence-corrected chi connectivity index (χ2v) is 11.0. The second kappa shape index (κ2) is 8.05. The molecule has 1 saturated heterocycles. The van der Waals surface area contributed by atoms with Crippen LogP contribution in [0.1, 0.15) is 19.4 Å². The Kier molecular flexibility index (Phi) is 5.76. The minimum Gasteiger partial charge on any atom is -0.495 e. The van der Waals surface area contributed by atoms with Gasteiger partial charge >= 0.3 is 0 Å². The molecular weight excluding hydrogens is 466 g/mol. The molecule has 2 aromatic carbocycles. The molecule has 30 heavy (non-hydrogen) atoms. The topological polar surface area (TPSA) is 53.1 Å². The normalized spacial score (nSPS) is 22.3. The van der Waals surface area contributed by atoms with Gasteiger partial charge in [-0.25, -0.2) is 8.42 Å². The fourth-order valence-corrected chi connectivity index (χ4v) is 6.48. The van der Waals surface area contributed by atoms with E-state index in [0.717, 1.165) is 40.2 Å². The molecule has 0 saturated carbocycles.